The lowest BCUT2D eigenvalue weighted by atomic mass is 10.1. The van der Waals surface area contributed by atoms with Gasteiger partial charge in [0, 0.05) is 19.5 Å². The molecule has 1 fully saturated rings. The molecule has 0 aliphatic carbocycles. The van der Waals surface area contributed by atoms with Crippen molar-refractivity contribution in [2.45, 2.75) is 25.7 Å². The topological polar surface area (TPSA) is 57.6 Å². The summed E-state index contributed by atoms with van der Waals surface area (Å²) in [6, 6.07) is 12.0. The first-order valence-corrected chi connectivity index (χ1v) is 10.1. The Labute approximate surface area is 157 Å². The van der Waals surface area contributed by atoms with Gasteiger partial charge in [0.1, 0.15) is 5.82 Å². The van der Waals surface area contributed by atoms with Crippen LogP contribution in [0.3, 0.4) is 0 Å². The highest BCUT2D eigenvalue weighted by Crippen LogP contribution is 2.29. The SMILES string of the molecule is O=C(CSC1=Nc2ccccc2C1)Nc1ccc(N2CCCCC2)nc1. The molecule has 1 aromatic carbocycles. The van der Waals surface area contributed by atoms with Crippen molar-refractivity contribution in [2.75, 3.05) is 29.1 Å². The number of fused-ring (bicyclic) bond motifs is 1. The molecule has 6 heteroatoms. The van der Waals surface area contributed by atoms with Crippen LogP contribution in [0, 0.1) is 0 Å². The molecule has 5 nitrogen and oxygen atoms in total. The van der Waals surface area contributed by atoms with E-state index in [2.05, 4.69) is 26.3 Å². The molecule has 0 spiro atoms. The number of hydrogen-bond acceptors (Lipinski definition) is 5. The second-order valence-electron chi connectivity index (χ2n) is 6.60. The van der Waals surface area contributed by atoms with Crippen molar-refractivity contribution >= 4 is 39.9 Å². The van der Waals surface area contributed by atoms with Gasteiger partial charge in [-0.15, -0.1) is 11.8 Å². The van der Waals surface area contributed by atoms with E-state index in [1.807, 2.05) is 30.3 Å². The summed E-state index contributed by atoms with van der Waals surface area (Å²) < 4.78 is 0. The summed E-state index contributed by atoms with van der Waals surface area (Å²) in [5, 5.41) is 3.92. The number of hydrogen-bond donors (Lipinski definition) is 1. The number of rotatable bonds is 4. The Bertz CT molecular complexity index is 813. The van der Waals surface area contributed by atoms with Crippen molar-refractivity contribution in [1.82, 2.24) is 4.98 Å². The lowest BCUT2D eigenvalue weighted by molar-refractivity contribution is -0.113. The smallest absolute Gasteiger partial charge is 0.234 e. The van der Waals surface area contributed by atoms with Gasteiger partial charge in [0.25, 0.3) is 0 Å². The quantitative estimate of drug-likeness (QED) is 0.888. The van der Waals surface area contributed by atoms with Crippen LogP contribution in [0.2, 0.25) is 0 Å². The van der Waals surface area contributed by atoms with E-state index in [4.69, 9.17) is 0 Å². The lowest BCUT2D eigenvalue weighted by Gasteiger charge is -2.27. The van der Waals surface area contributed by atoms with Crippen LogP contribution in [0.25, 0.3) is 0 Å². The number of carbonyl (C=O) groups is 1. The van der Waals surface area contributed by atoms with Gasteiger partial charge in [-0.1, -0.05) is 18.2 Å². The van der Waals surface area contributed by atoms with E-state index in [0.717, 1.165) is 41.7 Å². The average Bonchev–Trinajstić information content (AvgIpc) is 3.11. The third-order valence-corrected chi connectivity index (χ3v) is 5.64. The maximum absolute atomic E-state index is 12.2. The van der Waals surface area contributed by atoms with Crippen molar-refractivity contribution in [3.05, 3.63) is 48.2 Å². The molecule has 0 atom stereocenters. The van der Waals surface area contributed by atoms with Crippen molar-refractivity contribution in [3.63, 3.8) is 0 Å². The lowest BCUT2D eigenvalue weighted by Crippen LogP contribution is -2.30. The summed E-state index contributed by atoms with van der Waals surface area (Å²) in [6.45, 7) is 2.14. The Morgan fingerprint density at radius 1 is 1.12 bits per heavy atom. The third kappa shape index (κ3) is 4.07. The summed E-state index contributed by atoms with van der Waals surface area (Å²) in [5.41, 5.74) is 2.99. The molecule has 0 unspecified atom stereocenters. The third-order valence-electron chi connectivity index (χ3n) is 4.66. The maximum atomic E-state index is 12.2. The summed E-state index contributed by atoms with van der Waals surface area (Å²) in [4.78, 5) is 23.6. The second-order valence-corrected chi connectivity index (χ2v) is 7.65. The number of amides is 1. The number of anilines is 2. The Morgan fingerprint density at radius 3 is 2.73 bits per heavy atom. The fraction of sp³-hybridized carbons (Fsp3) is 0.350. The zero-order valence-electron chi connectivity index (χ0n) is 14.6. The van der Waals surface area contributed by atoms with Gasteiger partial charge in [-0.3, -0.25) is 4.79 Å². The zero-order valence-corrected chi connectivity index (χ0v) is 15.5. The highest BCUT2D eigenvalue weighted by Gasteiger charge is 2.16. The molecular weight excluding hydrogens is 344 g/mol. The van der Waals surface area contributed by atoms with Crippen molar-refractivity contribution in [2.24, 2.45) is 4.99 Å². The Morgan fingerprint density at radius 2 is 1.96 bits per heavy atom. The minimum absolute atomic E-state index is 0.0267. The van der Waals surface area contributed by atoms with Crippen LogP contribution in [-0.4, -0.2) is 34.8 Å². The summed E-state index contributed by atoms with van der Waals surface area (Å²) >= 11 is 1.50. The Hall–Kier alpha value is -2.34. The van der Waals surface area contributed by atoms with E-state index in [9.17, 15) is 4.79 Å². The Balaban J connectivity index is 1.27. The number of nitrogens with one attached hydrogen (secondary N) is 1. The average molecular weight is 366 g/mol. The second kappa shape index (κ2) is 7.91. The molecule has 3 heterocycles. The normalized spacial score (nSPS) is 16.2. The number of para-hydroxylation sites is 1. The maximum Gasteiger partial charge on any atom is 0.234 e. The van der Waals surface area contributed by atoms with Crippen molar-refractivity contribution in [1.29, 1.82) is 0 Å². The molecule has 2 aromatic rings. The minimum atomic E-state index is -0.0267. The first kappa shape index (κ1) is 17.1. The molecule has 26 heavy (non-hydrogen) atoms. The minimum Gasteiger partial charge on any atom is -0.357 e. The summed E-state index contributed by atoms with van der Waals surface area (Å²) in [6.07, 6.45) is 6.32. The van der Waals surface area contributed by atoms with Gasteiger partial charge in [-0.25, -0.2) is 9.98 Å². The summed E-state index contributed by atoms with van der Waals surface area (Å²) in [5.74, 6) is 1.33. The highest BCUT2D eigenvalue weighted by molar-refractivity contribution is 8.14. The van der Waals surface area contributed by atoms with E-state index in [-0.39, 0.29) is 5.91 Å². The monoisotopic (exact) mass is 366 g/mol. The van der Waals surface area contributed by atoms with Gasteiger partial charge in [-0.05, 0) is 43.0 Å². The van der Waals surface area contributed by atoms with Gasteiger partial charge in [0.15, 0.2) is 0 Å². The van der Waals surface area contributed by atoms with Crippen LogP contribution in [0.4, 0.5) is 17.2 Å². The molecule has 1 aromatic heterocycles. The number of aromatic nitrogens is 1. The van der Waals surface area contributed by atoms with Crippen LogP contribution in [0.5, 0.6) is 0 Å². The largest absolute Gasteiger partial charge is 0.357 e. The van der Waals surface area contributed by atoms with Gasteiger partial charge in [-0.2, -0.15) is 0 Å². The number of aliphatic imine (C=N–C) groups is 1. The van der Waals surface area contributed by atoms with Crippen LogP contribution < -0.4 is 10.2 Å². The molecule has 4 rings (SSSR count). The number of piperidine rings is 1. The molecule has 2 aliphatic rings. The first-order chi connectivity index (χ1) is 12.8. The van der Waals surface area contributed by atoms with Crippen LogP contribution >= 0.6 is 11.8 Å². The number of pyridine rings is 1. The number of nitrogens with zero attached hydrogens (tertiary/aromatic N) is 3. The van der Waals surface area contributed by atoms with Crippen molar-refractivity contribution in [3.8, 4) is 0 Å². The van der Waals surface area contributed by atoms with Crippen LogP contribution in [0.15, 0.2) is 47.6 Å². The zero-order chi connectivity index (χ0) is 17.8. The van der Waals surface area contributed by atoms with Crippen LogP contribution in [-0.2, 0) is 11.2 Å². The summed E-state index contributed by atoms with van der Waals surface area (Å²) in [7, 11) is 0. The van der Waals surface area contributed by atoms with E-state index < -0.39 is 0 Å². The molecule has 0 saturated carbocycles. The van der Waals surface area contributed by atoms with Gasteiger partial charge in [0.05, 0.1) is 28.4 Å². The predicted molar refractivity (Wildman–Crippen MR) is 109 cm³/mol. The molecule has 0 radical (unpaired) electrons. The Kier molecular flexibility index (Phi) is 5.20. The van der Waals surface area contributed by atoms with Crippen molar-refractivity contribution < 1.29 is 4.79 Å². The first-order valence-electron chi connectivity index (χ1n) is 9.07. The van der Waals surface area contributed by atoms with Crippen LogP contribution in [0.1, 0.15) is 24.8 Å². The van der Waals surface area contributed by atoms with E-state index >= 15 is 0 Å². The van der Waals surface area contributed by atoms with E-state index in [0.29, 0.717) is 5.75 Å². The van der Waals surface area contributed by atoms with Gasteiger partial charge >= 0.3 is 0 Å². The fourth-order valence-electron chi connectivity index (χ4n) is 3.31. The molecular formula is C20H22N4OS. The highest BCUT2D eigenvalue weighted by atomic mass is 32.2. The van der Waals surface area contributed by atoms with E-state index in [1.54, 1.807) is 6.20 Å². The van der Waals surface area contributed by atoms with E-state index in [1.165, 1.54) is 36.6 Å². The molecule has 2 aliphatic heterocycles. The molecule has 1 amide bonds. The predicted octanol–water partition coefficient (Wildman–Crippen LogP) is 4.03. The fourth-order valence-corrected chi connectivity index (χ4v) is 4.10. The molecule has 1 saturated heterocycles. The number of benzene rings is 1. The van der Waals surface area contributed by atoms with Gasteiger partial charge < -0.3 is 10.2 Å². The standard InChI is InChI=1S/C20H22N4OS/c25-19(14-26-20-12-15-6-2-3-7-17(15)23-20)22-16-8-9-18(21-13-16)24-10-4-1-5-11-24/h2-3,6-9,13H,1,4-5,10-12,14H2,(H,22,25). The number of thioether (sulfide) groups is 1. The number of carbonyl (C=O) groups excluding carboxylic acids is 1. The molecule has 1 N–H and O–H groups in total. The molecule has 134 valence electrons. The van der Waals surface area contributed by atoms with Gasteiger partial charge in [0.2, 0.25) is 5.91 Å². The molecule has 0 bridgehead atoms.